The molecule has 4 nitrogen and oxygen atoms in total. The molecule has 0 bridgehead atoms. The zero-order valence-electron chi connectivity index (χ0n) is 10.8. The summed E-state index contributed by atoms with van der Waals surface area (Å²) < 4.78 is 26.7. The lowest BCUT2D eigenvalue weighted by Gasteiger charge is -2.15. The van der Waals surface area contributed by atoms with Gasteiger partial charge in [-0.25, -0.2) is 8.42 Å². The van der Waals surface area contributed by atoms with E-state index < -0.39 is 16.1 Å². The standard InChI is InChI=1S/C13H18N2O2S/c1-10(2)8-12(9-14)15-18(16,17)13-7-5-4-6-11(13)3/h4-7,10,12,15H,8H2,1-3H3. The van der Waals surface area contributed by atoms with Gasteiger partial charge in [-0.05, 0) is 30.9 Å². The van der Waals surface area contributed by atoms with Crippen LogP contribution in [0.1, 0.15) is 25.8 Å². The highest BCUT2D eigenvalue weighted by Crippen LogP contribution is 2.15. The Morgan fingerprint density at radius 1 is 1.33 bits per heavy atom. The summed E-state index contributed by atoms with van der Waals surface area (Å²) in [6.45, 7) is 5.64. The predicted molar refractivity (Wildman–Crippen MR) is 70.4 cm³/mol. The van der Waals surface area contributed by atoms with Crippen molar-refractivity contribution in [2.75, 3.05) is 0 Å². The van der Waals surface area contributed by atoms with Crippen LogP contribution >= 0.6 is 0 Å². The average Bonchev–Trinajstić information content (AvgIpc) is 2.27. The van der Waals surface area contributed by atoms with Crippen LogP contribution in [0.5, 0.6) is 0 Å². The third-order valence-electron chi connectivity index (χ3n) is 2.54. The van der Waals surface area contributed by atoms with Gasteiger partial charge in [0.25, 0.3) is 0 Å². The molecule has 1 rings (SSSR count). The molecule has 0 radical (unpaired) electrons. The van der Waals surface area contributed by atoms with Gasteiger partial charge in [0.15, 0.2) is 0 Å². The van der Waals surface area contributed by atoms with Crippen molar-refractivity contribution in [1.82, 2.24) is 4.72 Å². The van der Waals surface area contributed by atoms with E-state index in [0.29, 0.717) is 12.0 Å². The Morgan fingerprint density at radius 2 is 1.94 bits per heavy atom. The van der Waals surface area contributed by atoms with E-state index >= 15 is 0 Å². The minimum atomic E-state index is -3.62. The van der Waals surface area contributed by atoms with Gasteiger partial charge in [0.05, 0.1) is 11.0 Å². The van der Waals surface area contributed by atoms with Gasteiger partial charge in [-0.15, -0.1) is 0 Å². The van der Waals surface area contributed by atoms with E-state index in [1.54, 1.807) is 31.2 Å². The van der Waals surface area contributed by atoms with E-state index in [2.05, 4.69) is 4.72 Å². The maximum absolute atomic E-state index is 12.1. The largest absolute Gasteiger partial charge is 0.241 e. The molecule has 0 aromatic heterocycles. The third kappa shape index (κ3) is 3.83. The Balaban J connectivity index is 2.96. The second-order valence-electron chi connectivity index (χ2n) is 4.70. The smallest absolute Gasteiger partial charge is 0.207 e. The van der Waals surface area contributed by atoms with Gasteiger partial charge in [-0.2, -0.15) is 9.98 Å². The minimum absolute atomic E-state index is 0.231. The number of sulfonamides is 1. The number of hydrogen-bond donors (Lipinski definition) is 1. The third-order valence-corrected chi connectivity index (χ3v) is 4.18. The number of nitrogens with zero attached hydrogens (tertiary/aromatic N) is 1. The Kier molecular flexibility index (Phi) is 4.88. The fourth-order valence-electron chi connectivity index (χ4n) is 1.71. The van der Waals surface area contributed by atoms with Crippen molar-refractivity contribution < 1.29 is 8.42 Å². The van der Waals surface area contributed by atoms with Crippen molar-refractivity contribution in [2.45, 2.75) is 38.1 Å². The second kappa shape index (κ2) is 5.98. The van der Waals surface area contributed by atoms with Crippen LogP contribution in [0.25, 0.3) is 0 Å². The fourth-order valence-corrected chi connectivity index (χ4v) is 3.11. The molecule has 0 amide bonds. The lowest BCUT2D eigenvalue weighted by molar-refractivity contribution is 0.512. The molecule has 0 spiro atoms. The van der Waals surface area contributed by atoms with Gasteiger partial charge in [-0.1, -0.05) is 32.0 Å². The number of benzene rings is 1. The monoisotopic (exact) mass is 266 g/mol. The first-order chi connectivity index (χ1) is 8.36. The molecule has 0 aliphatic carbocycles. The number of nitriles is 1. The van der Waals surface area contributed by atoms with Gasteiger partial charge in [0.1, 0.15) is 6.04 Å². The molecule has 1 atom stereocenters. The molecular formula is C13H18N2O2S. The summed E-state index contributed by atoms with van der Waals surface area (Å²) in [6, 6.07) is 8.03. The second-order valence-corrected chi connectivity index (χ2v) is 6.38. The first kappa shape index (κ1) is 14.7. The van der Waals surface area contributed by atoms with Crippen LogP contribution in [-0.4, -0.2) is 14.5 Å². The van der Waals surface area contributed by atoms with E-state index in [0.717, 1.165) is 0 Å². The number of nitrogens with one attached hydrogen (secondary N) is 1. The van der Waals surface area contributed by atoms with E-state index in [4.69, 9.17) is 5.26 Å². The highest BCUT2D eigenvalue weighted by atomic mass is 32.2. The van der Waals surface area contributed by atoms with E-state index in [9.17, 15) is 8.42 Å². The minimum Gasteiger partial charge on any atom is -0.207 e. The maximum atomic E-state index is 12.1. The molecule has 0 fully saturated rings. The molecule has 0 aliphatic heterocycles. The normalized spacial score (nSPS) is 13.3. The molecule has 0 saturated carbocycles. The summed E-state index contributed by atoms with van der Waals surface area (Å²) in [5.74, 6) is 0.259. The first-order valence-electron chi connectivity index (χ1n) is 5.84. The topological polar surface area (TPSA) is 70.0 Å². The zero-order chi connectivity index (χ0) is 13.8. The van der Waals surface area contributed by atoms with Crippen molar-refractivity contribution in [3.8, 4) is 6.07 Å². The summed E-state index contributed by atoms with van der Waals surface area (Å²) >= 11 is 0. The van der Waals surface area contributed by atoms with Crippen LogP contribution in [0.4, 0.5) is 0 Å². The van der Waals surface area contributed by atoms with Crippen LogP contribution in [0.2, 0.25) is 0 Å². The van der Waals surface area contributed by atoms with Crippen molar-refractivity contribution >= 4 is 10.0 Å². The van der Waals surface area contributed by atoms with Crippen molar-refractivity contribution in [3.05, 3.63) is 29.8 Å². The highest BCUT2D eigenvalue weighted by molar-refractivity contribution is 7.89. The molecule has 1 aromatic rings. The molecule has 5 heteroatoms. The molecule has 1 aromatic carbocycles. The summed E-state index contributed by atoms with van der Waals surface area (Å²) in [6.07, 6.45) is 0.502. The molecule has 0 saturated heterocycles. The van der Waals surface area contributed by atoms with Gasteiger partial charge in [0, 0.05) is 0 Å². The Labute approximate surface area is 109 Å². The zero-order valence-corrected chi connectivity index (χ0v) is 11.7. The predicted octanol–water partition coefficient (Wildman–Crippen LogP) is 2.21. The molecule has 0 heterocycles. The molecule has 1 N–H and O–H groups in total. The Morgan fingerprint density at radius 3 is 2.44 bits per heavy atom. The van der Waals surface area contributed by atoms with E-state index in [1.165, 1.54) is 0 Å². The van der Waals surface area contributed by atoms with Gasteiger partial charge >= 0.3 is 0 Å². The first-order valence-corrected chi connectivity index (χ1v) is 7.32. The molecule has 98 valence electrons. The van der Waals surface area contributed by atoms with Crippen LogP contribution in [0.15, 0.2) is 29.2 Å². The Hall–Kier alpha value is -1.38. The van der Waals surface area contributed by atoms with Crippen LogP contribution in [0.3, 0.4) is 0 Å². The average molecular weight is 266 g/mol. The summed E-state index contributed by atoms with van der Waals surface area (Å²) in [4.78, 5) is 0.231. The lowest BCUT2D eigenvalue weighted by Crippen LogP contribution is -2.35. The van der Waals surface area contributed by atoms with E-state index in [1.807, 2.05) is 19.9 Å². The number of aryl methyl sites for hydroxylation is 1. The van der Waals surface area contributed by atoms with Crippen LogP contribution in [0, 0.1) is 24.2 Å². The SMILES string of the molecule is Cc1ccccc1S(=O)(=O)NC(C#N)CC(C)C. The van der Waals surface area contributed by atoms with Gasteiger partial charge in [0.2, 0.25) is 10.0 Å². The van der Waals surface area contributed by atoms with Crippen LogP contribution < -0.4 is 4.72 Å². The summed E-state index contributed by atoms with van der Waals surface area (Å²) in [5.41, 5.74) is 0.672. The molecule has 0 aliphatic rings. The summed E-state index contributed by atoms with van der Waals surface area (Å²) in [7, 11) is -3.62. The number of hydrogen-bond acceptors (Lipinski definition) is 3. The molecular weight excluding hydrogens is 248 g/mol. The van der Waals surface area contributed by atoms with E-state index in [-0.39, 0.29) is 10.8 Å². The van der Waals surface area contributed by atoms with Gasteiger partial charge < -0.3 is 0 Å². The highest BCUT2D eigenvalue weighted by Gasteiger charge is 2.21. The quantitative estimate of drug-likeness (QED) is 0.888. The fraction of sp³-hybridized carbons (Fsp3) is 0.462. The van der Waals surface area contributed by atoms with Crippen molar-refractivity contribution in [1.29, 1.82) is 5.26 Å². The van der Waals surface area contributed by atoms with Gasteiger partial charge in [-0.3, -0.25) is 0 Å². The lowest BCUT2D eigenvalue weighted by atomic mass is 10.1. The molecule has 18 heavy (non-hydrogen) atoms. The maximum Gasteiger partial charge on any atom is 0.241 e. The summed E-state index contributed by atoms with van der Waals surface area (Å²) in [5, 5.41) is 8.98. The van der Waals surface area contributed by atoms with Crippen molar-refractivity contribution in [2.24, 2.45) is 5.92 Å². The Bertz CT molecular complexity index is 544. The van der Waals surface area contributed by atoms with Crippen LogP contribution in [-0.2, 0) is 10.0 Å². The van der Waals surface area contributed by atoms with Crippen molar-refractivity contribution in [3.63, 3.8) is 0 Å². The number of rotatable bonds is 5. The molecule has 1 unspecified atom stereocenters.